The number of rotatable bonds is 5. The van der Waals surface area contributed by atoms with Crippen LogP contribution in [0.4, 0.5) is 11.4 Å². The van der Waals surface area contributed by atoms with Crippen LogP contribution in [0, 0.1) is 10.1 Å². The van der Waals surface area contributed by atoms with Crippen LogP contribution in [-0.2, 0) is 9.53 Å². The summed E-state index contributed by atoms with van der Waals surface area (Å²) in [6.07, 6.45) is -1.07. The summed E-state index contributed by atoms with van der Waals surface area (Å²) in [4.78, 5) is 34.1. The number of halogens is 1. The maximum Gasteiger partial charge on any atom is 0.340 e. The van der Waals surface area contributed by atoms with Crippen molar-refractivity contribution in [1.29, 1.82) is 0 Å². The molecule has 2 aromatic rings. The zero-order valence-corrected chi connectivity index (χ0v) is 13.3. The lowest BCUT2D eigenvalue weighted by atomic mass is 10.2. The van der Waals surface area contributed by atoms with Gasteiger partial charge in [-0.25, -0.2) is 4.79 Å². The molecule has 0 bridgehead atoms. The van der Waals surface area contributed by atoms with Crippen LogP contribution in [0.3, 0.4) is 0 Å². The van der Waals surface area contributed by atoms with Crippen LogP contribution in [0.15, 0.2) is 48.5 Å². The number of carbonyl (C=O) groups is 2. The molecule has 124 valence electrons. The molecular weight excluding hydrogens is 336 g/mol. The van der Waals surface area contributed by atoms with E-state index in [0.717, 1.165) is 12.1 Å². The Labute approximate surface area is 142 Å². The summed E-state index contributed by atoms with van der Waals surface area (Å²) in [5, 5.41) is 13.1. The number of nitro benzene ring substituents is 1. The number of amides is 1. The Balaban J connectivity index is 2.03. The van der Waals surface area contributed by atoms with Crippen molar-refractivity contribution >= 4 is 34.9 Å². The highest BCUT2D eigenvalue weighted by atomic mass is 35.5. The fourth-order valence-corrected chi connectivity index (χ4v) is 2.08. The van der Waals surface area contributed by atoms with Gasteiger partial charge in [-0.2, -0.15) is 0 Å². The molecule has 0 spiro atoms. The summed E-state index contributed by atoms with van der Waals surface area (Å²) >= 11 is 5.86. The highest BCUT2D eigenvalue weighted by Gasteiger charge is 2.22. The minimum absolute atomic E-state index is 0.0540. The summed E-state index contributed by atoms with van der Waals surface area (Å²) in [5.41, 5.74) is 0.270. The summed E-state index contributed by atoms with van der Waals surface area (Å²) in [6.45, 7) is 1.41. The molecule has 0 aliphatic rings. The molecule has 0 aromatic heterocycles. The van der Waals surface area contributed by atoms with E-state index in [-0.39, 0.29) is 16.3 Å². The van der Waals surface area contributed by atoms with Gasteiger partial charge in [0.25, 0.3) is 11.6 Å². The second-order valence-corrected chi connectivity index (χ2v) is 5.23. The number of esters is 1. The van der Waals surface area contributed by atoms with Crippen LogP contribution in [0.5, 0.6) is 0 Å². The third kappa shape index (κ3) is 4.30. The molecule has 0 aliphatic heterocycles. The average molecular weight is 349 g/mol. The zero-order chi connectivity index (χ0) is 17.7. The van der Waals surface area contributed by atoms with Crippen molar-refractivity contribution in [3.8, 4) is 0 Å². The molecule has 0 fully saturated rings. The van der Waals surface area contributed by atoms with Crippen LogP contribution < -0.4 is 5.32 Å². The molecule has 1 atom stereocenters. The predicted octanol–water partition coefficient (Wildman–Crippen LogP) is 3.43. The molecule has 2 rings (SSSR count). The molecule has 0 saturated carbocycles. The van der Waals surface area contributed by atoms with Gasteiger partial charge >= 0.3 is 5.97 Å². The molecule has 1 N–H and O–H groups in total. The number of anilines is 1. The number of nitrogens with zero attached hydrogens (tertiary/aromatic N) is 1. The van der Waals surface area contributed by atoms with E-state index in [1.54, 1.807) is 30.3 Å². The first-order valence-corrected chi connectivity index (χ1v) is 7.27. The Morgan fingerprint density at radius 3 is 2.46 bits per heavy atom. The van der Waals surface area contributed by atoms with Gasteiger partial charge < -0.3 is 10.1 Å². The fourth-order valence-electron chi connectivity index (χ4n) is 1.83. The standard InChI is InChI=1S/C16H13ClN2O5/c1-10(15(20)18-11-5-3-2-4-6-11)24-16(21)13-8-7-12(19(22)23)9-14(13)17/h2-10H,1H3,(H,18,20). The zero-order valence-electron chi connectivity index (χ0n) is 12.6. The summed E-state index contributed by atoms with van der Waals surface area (Å²) in [5.74, 6) is -1.35. The van der Waals surface area contributed by atoms with Gasteiger partial charge in [0.1, 0.15) is 0 Å². The van der Waals surface area contributed by atoms with Gasteiger partial charge in [0.2, 0.25) is 0 Å². The molecule has 0 saturated heterocycles. The lowest BCUT2D eigenvalue weighted by Crippen LogP contribution is -2.30. The lowest BCUT2D eigenvalue weighted by molar-refractivity contribution is -0.384. The molecule has 0 radical (unpaired) electrons. The molecule has 1 unspecified atom stereocenters. The normalized spacial score (nSPS) is 11.4. The maximum absolute atomic E-state index is 12.1. The quantitative estimate of drug-likeness (QED) is 0.507. The predicted molar refractivity (Wildman–Crippen MR) is 88.1 cm³/mol. The number of nitro groups is 1. The third-order valence-corrected chi connectivity index (χ3v) is 3.39. The van der Waals surface area contributed by atoms with Gasteiger partial charge in [-0.05, 0) is 25.1 Å². The smallest absolute Gasteiger partial charge is 0.340 e. The van der Waals surface area contributed by atoms with E-state index in [1.807, 2.05) is 0 Å². The largest absolute Gasteiger partial charge is 0.449 e. The lowest BCUT2D eigenvalue weighted by Gasteiger charge is -2.14. The minimum atomic E-state index is -1.07. The van der Waals surface area contributed by atoms with E-state index in [0.29, 0.717) is 5.69 Å². The summed E-state index contributed by atoms with van der Waals surface area (Å²) in [6, 6.07) is 12.1. The van der Waals surface area contributed by atoms with Crippen molar-refractivity contribution in [2.45, 2.75) is 13.0 Å². The number of benzene rings is 2. The van der Waals surface area contributed by atoms with Gasteiger partial charge in [-0.3, -0.25) is 14.9 Å². The highest BCUT2D eigenvalue weighted by Crippen LogP contribution is 2.23. The first-order chi connectivity index (χ1) is 11.4. The highest BCUT2D eigenvalue weighted by molar-refractivity contribution is 6.33. The number of hydrogen-bond acceptors (Lipinski definition) is 5. The Kier molecular flexibility index (Phi) is 5.49. The maximum atomic E-state index is 12.1. The molecular formula is C16H13ClN2O5. The number of ether oxygens (including phenoxy) is 1. The monoisotopic (exact) mass is 348 g/mol. The molecule has 1 amide bonds. The second-order valence-electron chi connectivity index (χ2n) is 4.82. The van der Waals surface area contributed by atoms with Crippen LogP contribution in [-0.4, -0.2) is 22.9 Å². The Bertz CT molecular complexity index is 779. The van der Waals surface area contributed by atoms with Crippen LogP contribution in [0.25, 0.3) is 0 Å². The van der Waals surface area contributed by atoms with Crippen molar-refractivity contribution in [1.82, 2.24) is 0 Å². The Morgan fingerprint density at radius 2 is 1.88 bits per heavy atom. The van der Waals surface area contributed by atoms with E-state index < -0.39 is 22.9 Å². The molecule has 0 heterocycles. The van der Waals surface area contributed by atoms with Crippen LogP contribution >= 0.6 is 11.6 Å². The molecule has 8 heteroatoms. The van der Waals surface area contributed by atoms with E-state index >= 15 is 0 Å². The topological polar surface area (TPSA) is 98.5 Å². The summed E-state index contributed by atoms with van der Waals surface area (Å²) < 4.78 is 5.05. The number of hydrogen-bond donors (Lipinski definition) is 1. The first kappa shape index (κ1) is 17.4. The third-order valence-electron chi connectivity index (χ3n) is 3.08. The number of carbonyl (C=O) groups excluding carboxylic acids is 2. The van der Waals surface area contributed by atoms with Crippen molar-refractivity contribution < 1.29 is 19.2 Å². The molecule has 24 heavy (non-hydrogen) atoms. The number of non-ortho nitro benzene ring substituents is 1. The van der Waals surface area contributed by atoms with E-state index in [2.05, 4.69) is 5.32 Å². The van der Waals surface area contributed by atoms with Crippen LogP contribution in [0.2, 0.25) is 5.02 Å². The number of nitrogens with one attached hydrogen (secondary N) is 1. The van der Waals surface area contributed by atoms with Crippen molar-refractivity contribution in [3.63, 3.8) is 0 Å². The average Bonchev–Trinajstić information content (AvgIpc) is 2.55. The van der Waals surface area contributed by atoms with Crippen molar-refractivity contribution in [3.05, 3.63) is 69.2 Å². The van der Waals surface area contributed by atoms with Crippen LogP contribution in [0.1, 0.15) is 17.3 Å². The summed E-state index contributed by atoms with van der Waals surface area (Å²) in [7, 11) is 0. The van der Waals surface area contributed by atoms with Gasteiger partial charge in [-0.1, -0.05) is 29.8 Å². The van der Waals surface area contributed by atoms with Crippen molar-refractivity contribution in [2.24, 2.45) is 0 Å². The SMILES string of the molecule is CC(OC(=O)c1ccc([N+](=O)[O-])cc1Cl)C(=O)Nc1ccccc1. The first-order valence-electron chi connectivity index (χ1n) is 6.89. The second kappa shape index (κ2) is 7.56. The van der Waals surface area contributed by atoms with E-state index in [1.165, 1.54) is 13.0 Å². The van der Waals surface area contributed by atoms with Gasteiger partial charge in [0.05, 0.1) is 15.5 Å². The minimum Gasteiger partial charge on any atom is -0.449 e. The van der Waals surface area contributed by atoms with Gasteiger partial charge in [0, 0.05) is 17.8 Å². The van der Waals surface area contributed by atoms with Crippen molar-refractivity contribution in [2.75, 3.05) is 5.32 Å². The Hall–Kier alpha value is -2.93. The molecule has 7 nitrogen and oxygen atoms in total. The van der Waals surface area contributed by atoms with Gasteiger partial charge in [-0.15, -0.1) is 0 Å². The van der Waals surface area contributed by atoms with E-state index in [9.17, 15) is 19.7 Å². The Morgan fingerprint density at radius 1 is 1.21 bits per heavy atom. The van der Waals surface area contributed by atoms with Gasteiger partial charge in [0.15, 0.2) is 6.10 Å². The van der Waals surface area contributed by atoms with E-state index in [4.69, 9.17) is 16.3 Å². The molecule has 2 aromatic carbocycles. The number of para-hydroxylation sites is 1. The fraction of sp³-hybridized carbons (Fsp3) is 0.125. The molecule has 0 aliphatic carbocycles.